The van der Waals surface area contributed by atoms with E-state index < -0.39 is 0 Å². The van der Waals surface area contributed by atoms with Crippen molar-refractivity contribution >= 4 is 34.2 Å². The van der Waals surface area contributed by atoms with Crippen LogP contribution >= 0.6 is 11.3 Å². The first-order chi connectivity index (χ1) is 12.6. The lowest BCUT2D eigenvalue weighted by Gasteiger charge is -2.12. The fourth-order valence-corrected chi connectivity index (χ4v) is 4.44. The van der Waals surface area contributed by atoms with E-state index in [1.165, 1.54) is 16.5 Å². The summed E-state index contributed by atoms with van der Waals surface area (Å²) in [4.78, 5) is 26.1. The summed E-state index contributed by atoms with van der Waals surface area (Å²) in [6.07, 6.45) is 7.44. The molecule has 0 fully saturated rings. The molecule has 1 aliphatic rings. The highest BCUT2D eigenvalue weighted by Crippen LogP contribution is 2.38. The van der Waals surface area contributed by atoms with Gasteiger partial charge in [-0.1, -0.05) is 29.8 Å². The summed E-state index contributed by atoms with van der Waals surface area (Å²) in [6.45, 7) is 4.51. The number of anilines is 1. The standard InChI is InChI=1S/C21H24N2O2S/c1-3-22-20(25)19-16-6-4-5-7-17(16)26-21(19)23-18(24)13-12-15-10-8-14(2)9-11-15/h8-13H,3-7H2,1-2H3,(H,22,25)(H,23,24)/b13-12+. The van der Waals surface area contributed by atoms with Gasteiger partial charge in [-0.3, -0.25) is 9.59 Å². The maximum Gasteiger partial charge on any atom is 0.254 e. The van der Waals surface area contributed by atoms with Crippen LogP contribution in [0.4, 0.5) is 5.00 Å². The predicted octanol–water partition coefficient (Wildman–Crippen LogP) is 4.34. The van der Waals surface area contributed by atoms with Gasteiger partial charge in [-0.15, -0.1) is 11.3 Å². The predicted molar refractivity (Wildman–Crippen MR) is 108 cm³/mol. The second kappa shape index (κ2) is 8.32. The summed E-state index contributed by atoms with van der Waals surface area (Å²) >= 11 is 1.54. The summed E-state index contributed by atoms with van der Waals surface area (Å²) in [5.74, 6) is -0.306. The molecule has 1 aliphatic carbocycles. The number of rotatable bonds is 5. The first kappa shape index (κ1) is 18.4. The monoisotopic (exact) mass is 368 g/mol. The van der Waals surface area contributed by atoms with Gasteiger partial charge in [-0.05, 0) is 56.7 Å². The smallest absolute Gasteiger partial charge is 0.254 e. The molecule has 0 atom stereocenters. The summed E-state index contributed by atoms with van der Waals surface area (Å²) in [5.41, 5.74) is 3.93. The van der Waals surface area contributed by atoms with Gasteiger partial charge in [0.2, 0.25) is 5.91 Å². The Hall–Kier alpha value is -2.40. The van der Waals surface area contributed by atoms with Crippen molar-refractivity contribution in [1.82, 2.24) is 5.32 Å². The van der Waals surface area contributed by atoms with Crippen LogP contribution < -0.4 is 10.6 Å². The molecule has 4 nitrogen and oxygen atoms in total. The first-order valence-corrected chi connectivity index (χ1v) is 9.88. The van der Waals surface area contributed by atoms with Crippen LogP contribution in [-0.4, -0.2) is 18.4 Å². The molecule has 2 N–H and O–H groups in total. The van der Waals surface area contributed by atoms with E-state index in [9.17, 15) is 9.59 Å². The SMILES string of the molecule is CCNC(=O)c1c(NC(=O)/C=C/c2ccc(C)cc2)sc2c1CCCC2. The molecule has 0 unspecified atom stereocenters. The zero-order chi connectivity index (χ0) is 18.5. The van der Waals surface area contributed by atoms with Crippen molar-refractivity contribution in [3.05, 3.63) is 57.5 Å². The Kier molecular flexibility index (Phi) is 5.89. The lowest BCUT2D eigenvalue weighted by molar-refractivity contribution is -0.111. The van der Waals surface area contributed by atoms with Gasteiger partial charge in [-0.25, -0.2) is 0 Å². The maximum absolute atomic E-state index is 12.5. The topological polar surface area (TPSA) is 58.2 Å². The zero-order valence-corrected chi connectivity index (χ0v) is 16.0. The van der Waals surface area contributed by atoms with Crippen molar-refractivity contribution in [3.8, 4) is 0 Å². The van der Waals surface area contributed by atoms with E-state index in [0.717, 1.165) is 36.8 Å². The number of thiophene rings is 1. The van der Waals surface area contributed by atoms with E-state index in [1.807, 2.05) is 38.1 Å². The van der Waals surface area contributed by atoms with E-state index in [1.54, 1.807) is 17.4 Å². The molecule has 0 bridgehead atoms. The Bertz CT molecular complexity index is 834. The molecule has 1 aromatic heterocycles. The Labute approximate surface area is 158 Å². The fourth-order valence-electron chi connectivity index (χ4n) is 3.15. The second-order valence-electron chi connectivity index (χ2n) is 6.51. The van der Waals surface area contributed by atoms with Crippen LogP contribution in [-0.2, 0) is 17.6 Å². The van der Waals surface area contributed by atoms with Gasteiger partial charge in [0.25, 0.3) is 5.91 Å². The second-order valence-corrected chi connectivity index (χ2v) is 7.61. The van der Waals surface area contributed by atoms with Crippen LogP contribution in [0.15, 0.2) is 30.3 Å². The van der Waals surface area contributed by atoms with Crippen LogP contribution in [0.25, 0.3) is 6.08 Å². The molecule has 26 heavy (non-hydrogen) atoms. The summed E-state index contributed by atoms with van der Waals surface area (Å²) in [5, 5.41) is 6.46. The summed E-state index contributed by atoms with van der Waals surface area (Å²) < 4.78 is 0. The molecule has 136 valence electrons. The van der Waals surface area contributed by atoms with Crippen LogP contribution in [0.2, 0.25) is 0 Å². The van der Waals surface area contributed by atoms with Crippen molar-refractivity contribution in [2.24, 2.45) is 0 Å². The van der Waals surface area contributed by atoms with Crippen LogP contribution in [0.1, 0.15) is 51.7 Å². The zero-order valence-electron chi connectivity index (χ0n) is 15.2. The van der Waals surface area contributed by atoms with Crippen molar-refractivity contribution in [3.63, 3.8) is 0 Å². The number of aryl methyl sites for hydroxylation is 2. The van der Waals surface area contributed by atoms with E-state index in [0.29, 0.717) is 17.1 Å². The molecule has 1 aromatic carbocycles. The normalized spacial score (nSPS) is 13.5. The Morgan fingerprint density at radius 1 is 1.15 bits per heavy atom. The molecule has 0 saturated heterocycles. The molecule has 2 aromatic rings. The van der Waals surface area contributed by atoms with E-state index in [2.05, 4.69) is 10.6 Å². The minimum atomic E-state index is -0.213. The largest absolute Gasteiger partial charge is 0.352 e. The fraction of sp³-hybridized carbons (Fsp3) is 0.333. The average Bonchev–Trinajstić information content (AvgIpc) is 2.99. The number of hydrogen-bond donors (Lipinski definition) is 2. The quantitative estimate of drug-likeness (QED) is 0.772. The van der Waals surface area contributed by atoms with E-state index in [-0.39, 0.29) is 11.8 Å². The molecule has 1 heterocycles. The Morgan fingerprint density at radius 2 is 1.88 bits per heavy atom. The van der Waals surface area contributed by atoms with Crippen molar-refractivity contribution in [1.29, 1.82) is 0 Å². The number of carbonyl (C=O) groups is 2. The molecule has 5 heteroatoms. The average molecular weight is 369 g/mol. The highest BCUT2D eigenvalue weighted by atomic mass is 32.1. The lowest BCUT2D eigenvalue weighted by Crippen LogP contribution is -2.25. The Morgan fingerprint density at radius 3 is 2.62 bits per heavy atom. The minimum Gasteiger partial charge on any atom is -0.352 e. The van der Waals surface area contributed by atoms with Gasteiger partial charge in [0.1, 0.15) is 5.00 Å². The molecular weight excluding hydrogens is 344 g/mol. The third-order valence-corrected chi connectivity index (χ3v) is 5.68. The third kappa shape index (κ3) is 4.22. The van der Waals surface area contributed by atoms with Crippen LogP contribution in [0, 0.1) is 6.92 Å². The molecule has 0 aliphatic heterocycles. The lowest BCUT2D eigenvalue weighted by atomic mass is 9.95. The number of benzene rings is 1. The molecule has 2 amide bonds. The first-order valence-electron chi connectivity index (χ1n) is 9.07. The maximum atomic E-state index is 12.5. The molecule has 0 spiro atoms. The number of carbonyl (C=O) groups excluding carboxylic acids is 2. The Balaban J connectivity index is 1.80. The van der Waals surface area contributed by atoms with Crippen molar-refractivity contribution in [2.45, 2.75) is 39.5 Å². The van der Waals surface area contributed by atoms with Gasteiger partial charge < -0.3 is 10.6 Å². The van der Waals surface area contributed by atoms with E-state index in [4.69, 9.17) is 0 Å². The van der Waals surface area contributed by atoms with E-state index >= 15 is 0 Å². The number of hydrogen-bond acceptors (Lipinski definition) is 3. The molecule has 0 saturated carbocycles. The van der Waals surface area contributed by atoms with Crippen molar-refractivity contribution in [2.75, 3.05) is 11.9 Å². The molecular formula is C21H24N2O2S. The number of nitrogens with one attached hydrogen (secondary N) is 2. The number of amides is 2. The summed E-state index contributed by atoms with van der Waals surface area (Å²) in [7, 11) is 0. The van der Waals surface area contributed by atoms with Crippen molar-refractivity contribution < 1.29 is 9.59 Å². The number of fused-ring (bicyclic) bond motifs is 1. The minimum absolute atomic E-state index is 0.0929. The molecule has 0 radical (unpaired) electrons. The van der Waals surface area contributed by atoms with Gasteiger partial charge in [-0.2, -0.15) is 0 Å². The van der Waals surface area contributed by atoms with Crippen LogP contribution in [0.3, 0.4) is 0 Å². The highest BCUT2D eigenvalue weighted by Gasteiger charge is 2.25. The van der Waals surface area contributed by atoms with Gasteiger partial charge in [0, 0.05) is 17.5 Å². The van der Waals surface area contributed by atoms with Gasteiger partial charge >= 0.3 is 0 Å². The molecule has 3 rings (SSSR count). The van der Waals surface area contributed by atoms with Gasteiger partial charge in [0.05, 0.1) is 5.56 Å². The van der Waals surface area contributed by atoms with Gasteiger partial charge in [0.15, 0.2) is 0 Å². The highest BCUT2D eigenvalue weighted by molar-refractivity contribution is 7.17. The van der Waals surface area contributed by atoms with Crippen LogP contribution in [0.5, 0.6) is 0 Å². The third-order valence-electron chi connectivity index (χ3n) is 4.48. The summed E-state index contributed by atoms with van der Waals surface area (Å²) in [6, 6.07) is 7.97.